The largest absolute Gasteiger partial charge is 0.491 e. The van der Waals surface area contributed by atoms with Gasteiger partial charge in [0.05, 0.1) is 6.61 Å². The van der Waals surface area contributed by atoms with E-state index < -0.39 is 0 Å². The predicted molar refractivity (Wildman–Crippen MR) is 72.3 cm³/mol. The topological polar surface area (TPSA) is 64.8 Å². The fourth-order valence-electron chi connectivity index (χ4n) is 2.12. The Morgan fingerprint density at radius 2 is 2.32 bits per heavy atom. The van der Waals surface area contributed by atoms with Crippen LogP contribution < -0.4 is 10.5 Å². The molecule has 1 aromatic carbocycles. The van der Waals surface area contributed by atoms with Crippen LogP contribution in [0.4, 0.5) is 0 Å². The van der Waals surface area contributed by atoms with Gasteiger partial charge in [0, 0.05) is 31.8 Å². The number of nitrogens with zero attached hydrogens (tertiary/aromatic N) is 1. The smallest absolute Gasteiger partial charge is 0.254 e. The van der Waals surface area contributed by atoms with E-state index in [-0.39, 0.29) is 11.9 Å². The van der Waals surface area contributed by atoms with Crippen molar-refractivity contribution in [1.82, 2.24) is 4.90 Å². The van der Waals surface area contributed by atoms with E-state index in [0.717, 1.165) is 13.0 Å². The number of hydrogen-bond acceptors (Lipinski definition) is 4. The van der Waals surface area contributed by atoms with Crippen LogP contribution in [0.5, 0.6) is 5.75 Å². The van der Waals surface area contributed by atoms with Crippen molar-refractivity contribution in [3.05, 3.63) is 29.8 Å². The molecule has 1 atom stereocenters. The number of benzene rings is 1. The Morgan fingerprint density at radius 1 is 1.47 bits per heavy atom. The average molecular weight is 264 g/mol. The second kappa shape index (κ2) is 6.54. The molecule has 1 heterocycles. The van der Waals surface area contributed by atoms with Gasteiger partial charge < -0.3 is 20.1 Å². The van der Waals surface area contributed by atoms with E-state index in [1.807, 2.05) is 12.1 Å². The number of carbonyl (C=O) groups excluding carboxylic acids is 1. The fourth-order valence-corrected chi connectivity index (χ4v) is 2.12. The third-order valence-electron chi connectivity index (χ3n) is 3.15. The summed E-state index contributed by atoms with van der Waals surface area (Å²) in [7, 11) is 1.62. The van der Waals surface area contributed by atoms with Crippen molar-refractivity contribution in [2.75, 3.05) is 33.4 Å². The van der Waals surface area contributed by atoms with Gasteiger partial charge in [0.25, 0.3) is 5.91 Å². The highest BCUT2D eigenvalue weighted by Crippen LogP contribution is 2.17. The molecule has 5 heteroatoms. The van der Waals surface area contributed by atoms with Crippen LogP contribution in [0.25, 0.3) is 0 Å². The van der Waals surface area contributed by atoms with Gasteiger partial charge in [-0.15, -0.1) is 0 Å². The molecule has 0 saturated carbocycles. The molecule has 104 valence electrons. The standard InChI is InChI=1S/C14H20N2O3/c1-18-7-8-19-13-4-2-3-11(9-13)14(17)16-6-5-12(15)10-16/h2-4,9,12H,5-8,10,15H2,1H3/t12-/m0/s1. The maximum Gasteiger partial charge on any atom is 0.254 e. The number of nitrogens with two attached hydrogens (primary N) is 1. The number of ether oxygens (including phenoxy) is 2. The highest BCUT2D eigenvalue weighted by Gasteiger charge is 2.24. The van der Waals surface area contributed by atoms with Crippen molar-refractivity contribution in [2.45, 2.75) is 12.5 Å². The maximum absolute atomic E-state index is 12.3. The molecule has 5 nitrogen and oxygen atoms in total. The van der Waals surface area contributed by atoms with Crippen molar-refractivity contribution in [3.8, 4) is 5.75 Å². The quantitative estimate of drug-likeness (QED) is 0.802. The number of likely N-dealkylation sites (tertiary alicyclic amines) is 1. The summed E-state index contributed by atoms with van der Waals surface area (Å²) in [5.41, 5.74) is 6.46. The molecule has 1 saturated heterocycles. The Labute approximate surface area is 113 Å². The van der Waals surface area contributed by atoms with E-state index in [4.69, 9.17) is 15.2 Å². The van der Waals surface area contributed by atoms with Crippen LogP contribution in [0.2, 0.25) is 0 Å². The third-order valence-corrected chi connectivity index (χ3v) is 3.15. The molecule has 1 amide bonds. The van der Waals surface area contributed by atoms with E-state index in [0.29, 0.717) is 31.1 Å². The van der Waals surface area contributed by atoms with Crippen LogP contribution in [-0.4, -0.2) is 50.3 Å². The summed E-state index contributed by atoms with van der Waals surface area (Å²) in [5, 5.41) is 0. The first-order valence-electron chi connectivity index (χ1n) is 6.47. The van der Waals surface area contributed by atoms with Crippen molar-refractivity contribution < 1.29 is 14.3 Å². The van der Waals surface area contributed by atoms with Gasteiger partial charge in [0.1, 0.15) is 12.4 Å². The van der Waals surface area contributed by atoms with Gasteiger partial charge in [-0.2, -0.15) is 0 Å². The summed E-state index contributed by atoms with van der Waals surface area (Å²) in [6.07, 6.45) is 0.871. The molecule has 0 unspecified atom stereocenters. The van der Waals surface area contributed by atoms with E-state index in [9.17, 15) is 4.79 Å². The van der Waals surface area contributed by atoms with Gasteiger partial charge in [-0.1, -0.05) is 6.07 Å². The molecule has 1 aliphatic heterocycles. The lowest BCUT2D eigenvalue weighted by Crippen LogP contribution is -2.31. The lowest BCUT2D eigenvalue weighted by molar-refractivity contribution is 0.0790. The maximum atomic E-state index is 12.3. The lowest BCUT2D eigenvalue weighted by Gasteiger charge is -2.16. The normalized spacial score (nSPS) is 18.6. The van der Waals surface area contributed by atoms with Gasteiger partial charge >= 0.3 is 0 Å². The van der Waals surface area contributed by atoms with E-state index in [1.165, 1.54) is 0 Å². The molecular formula is C14H20N2O3. The number of hydrogen-bond donors (Lipinski definition) is 1. The summed E-state index contributed by atoms with van der Waals surface area (Å²) >= 11 is 0. The number of rotatable bonds is 5. The molecule has 1 aliphatic rings. The molecule has 19 heavy (non-hydrogen) atoms. The summed E-state index contributed by atoms with van der Waals surface area (Å²) in [4.78, 5) is 14.1. The highest BCUT2D eigenvalue weighted by molar-refractivity contribution is 5.94. The zero-order valence-corrected chi connectivity index (χ0v) is 11.2. The zero-order valence-electron chi connectivity index (χ0n) is 11.2. The first-order chi connectivity index (χ1) is 9.20. The van der Waals surface area contributed by atoms with Crippen LogP contribution >= 0.6 is 0 Å². The Morgan fingerprint density at radius 3 is 3.00 bits per heavy atom. The Kier molecular flexibility index (Phi) is 4.76. The van der Waals surface area contributed by atoms with Crippen LogP contribution in [-0.2, 0) is 4.74 Å². The van der Waals surface area contributed by atoms with Crippen LogP contribution in [0.3, 0.4) is 0 Å². The molecule has 0 bridgehead atoms. The molecule has 1 fully saturated rings. The van der Waals surface area contributed by atoms with Crippen LogP contribution in [0.15, 0.2) is 24.3 Å². The second-order valence-corrected chi connectivity index (χ2v) is 4.67. The summed E-state index contributed by atoms with van der Waals surface area (Å²) in [6.45, 7) is 2.37. The minimum atomic E-state index is 0.0186. The van der Waals surface area contributed by atoms with Crippen molar-refractivity contribution >= 4 is 5.91 Å². The van der Waals surface area contributed by atoms with Crippen LogP contribution in [0, 0.1) is 0 Å². The first-order valence-corrected chi connectivity index (χ1v) is 6.47. The highest BCUT2D eigenvalue weighted by atomic mass is 16.5. The average Bonchev–Trinajstić information content (AvgIpc) is 2.85. The lowest BCUT2D eigenvalue weighted by atomic mass is 10.2. The fraction of sp³-hybridized carbons (Fsp3) is 0.500. The van der Waals surface area contributed by atoms with E-state index >= 15 is 0 Å². The number of carbonyl (C=O) groups is 1. The predicted octanol–water partition coefficient (Wildman–Crippen LogP) is 0.885. The molecule has 2 rings (SSSR count). The molecule has 2 N–H and O–H groups in total. The molecule has 0 aromatic heterocycles. The van der Waals surface area contributed by atoms with E-state index in [1.54, 1.807) is 24.1 Å². The SMILES string of the molecule is COCCOc1cccc(C(=O)N2CC[C@H](N)C2)c1. The molecule has 0 spiro atoms. The minimum absolute atomic E-state index is 0.0186. The number of amides is 1. The van der Waals surface area contributed by atoms with Crippen LogP contribution in [0.1, 0.15) is 16.8 Å². The van der Waals surface area contributed by atoms with Gasteiger partial charge in [-0.05, 0) is 24.6 Å². The Balaban J connectivity index is 1.99. The monoisotopic (exact) mass is 264 g/mol. The summed E-state index contributed by atoms with van der Waals surface area (Å²) in [6, 6.07) is 7.33. The van der Waals surface area contributed by atoms with Gasteiger partial charge in [0.2, 0.25) is 0 Å². The first kappa shape index (κ1) is 13.8. The molecule has 1 aromatic rings. The molecule has 0 radical (unpaired) electrons. The van der Waals surface area contributed by atoms with Crippen molar-refractivity contribution in [1.29, 1.82) is 0 Å². The van der Waals surface area contributed by atoms with E-state index in [2.05, 4.69) is 0 Å². The van der Waals surface area contributed by atoms with Crippen molar-refractivity contribution in [3.63, 3.8) is 0 Å². The third kappa shape index (κ3) is 3.68. The molecule has 0 aliphatic carbocycles. The Bertz CT molecular complexity index is 436. The summed E-state index contributed by atoms with van der Waals surface area (Å²) < 4.78 is 10.4. The van der Waals surface area contributed by atoms with Gasteiger partial charge in [0.15, 0.2) is 0 Å². The van der Waals surface area contributed by atoms with Gasteiger partial charge in [-0.3, -0.25) is 4.79 Å². The zero-order chi connectivity index (χ0) is 13.7. The number of methoxy groups -OCH3 is 1. The summed E-state index contributed by atoms with van der Waals surface area (Å²) in [5.74, 6) is 0.705. The van der Waals surface area contributed by atoms with Crippen molar-refractivity contribution in [2.24, 2.45) is 5.73 Å². The van der Waals surface area contributed by atoms with Gasteiger partial charge in [-0.25, -0.2) is 0 Å². The molecular weight excluding hydrogens is 244 g/mol. The minimum Gasteiger partial charge on any atom is -0.491 e. The second-order valence-electron chi connectivity index (χ2n) is 4.67. The Hall–Kier alpha value is -1.59.